The molecule has 0 N–H and O–H groups in total. The summed E-state index contributed by atoms with van der Waals surface area (Å²) in [7, 11) is 0.539. The molecule has 0 aliphatic carbocycles. The highest BCUT2D eigenvalue weighted by molar-refractivity contribution is 6.76. The summed E-state index contributed by atoms with van der Waals surface area (Å²) in [6, 6.07) is 6.87. The zero-order chi connectivity index (χ0) is 20.6. The number of methoxy groups -OCH3 is 1. The quantitative estimate of drug-likeness (QED) is 0.227. The zero-order valence-electron chi connectivity index (χ0n) is 17.1. The molecule has 0 atom stereocenters. The molecule has 4 rings (SSSR count). The predicted octanol–water partition coefficient (Wildman–Crippen LogP) is 5.33. The predicted molar refractivity (Wildman–Crippen MR) is 120 cm³/mol. The molecular formula is C21H25ClN4O2Si. The van der Waals surface area contributed by atoms with Crippen LogP contribution in [0.1, 0.15) is 0 Å². The molecule has 0 saturated carbocycles. The van der Waals surface area contributed by atoms with Crippen molar-refractivity contribution >= 4 is 36.4 Å². The molecule has 152 valence electrons. The highest BCUT2D eigenvalue weighted by atomic mass is 35.5. The Morgan fingerprint density at radius 3 is 2.72 bits per heavy atom. The number of ether oxygens (including phenoxy) is 2. The van der Waals surface area contributed by atoms with Gasteiger partial charge in [-0.05, 0) is 18.2 Å². The first kappa shape index (κ1) is 19.9. The van der Waals surface area contributed by atoms with Crippen LogP contribution in [0.5, 0.6) is 5.75 Å². The van der Waals surface area contributed by atoms with Gasteiger partial charge in [0.05, 0.1) is 7.11 Å². The zero-order valence-corrected chi connectivity index (χ0v) is 18.9. The minimum atomic E-state index is -1.13. The van der Waals surface area contributed by atoms with E-state index >= 15 is 0 Å². The summed E-state index contributed by atoms with van der Waals surface area (Å²) in [5, 5.41) is 1.46. The van der Waals surface area contributed by atoms with Gasteiger partial charge in [0.25, 0.3) is 0 Å². The summed E-state index contributed by atoms with van der Waals surface area (Å²) in [6.07, 6.45) is 7.78. The Hall–Kier alpha value is -2.35. The first-order chi connectivity index (χ1) is 13.9. The van der Waals surface area contributed by atoms with Gasteiger partial charge >= 0.3 is 0 Å². The highest BCUT2D eigenvalue weighted by Gasteiger charge is 2.17. The summed E-state index contributed by atoms with van der Waals surface area (Å²) in [5.41, 5.74) is 3.62. The lowest BCUT2D eigenvalue weighted by molar-refractivity contribution is 0.0899. The Balaban J connectivity index is 1.75. The molecule has 0 bridgehead atoms. The highest BCUT2D eigenvalue weighted by Crippen LogP contribution is 2.37. The lowest BCUT2D eigenvalue weighted by Crippen LogP contribution is -2.22. The van der Waals surface area contributed by atoms with Crippen LogP contribution in [0.2, 0.25) is 30.8 Å². The van der Waals surface area contributed by atoms with Gasteiger partial charge in [-0.1, -0.05) is 31.2 Å². The van der Waals surface area contributed by atoms with Crippen LogP contribution >= 0.6 is 11.6 Å². The third-order valence-electron chi connectivity index (χ3n) is 4.92. The lowest BCUT2D eigenvalue weighted by atomic mass is 10.1. The average Bonchev–Trinajstić information content (AvgIpc) is 3.27. The second-order valence-electron chi connectivity index (χ2n) is 8.31. The molecule has 0 fully saturated rings. The van der Waals surface area contributed by atoms with Crippen molar-refractivity contribution in [3.63, 3.8) is 0 Å². The summed E-state index contributed by atoms with van der Waals surface area (Å²) in [4.78, 5) is 8.90. The van der Waals surface area contributed by atoms with Crippen LogP contribution in [0.25, 0.3) is 27.8 Å². The standard InChI is InChI=1S/C21H25ClN4O2Si/c1-27-18-11-20-23-7-8-25(20)13-17(18)16-12-26(14-28-9-10-29(2,3)4)21-15(16)5-6-19(22)24-21/h5-8,11-13H,9-10,14H2,1-4H3. The summed E-state index contributed by atoms with van der Waals surface area (Å²) in [5.74, 6) is 0.761. The topological polar surface area (TPSA) is 53.6 Å². The number of pyridine rings is 2. The molecule has 0 radical (unpaired) electrons. The van der Waals surface area contributed by atoms with Crippen LogP contribution in [0, 0.1) is 0 Å². The maximum Gasteiger partial charge on any atom is 0.144 e. The van der Waals surface area contributed by atoms with Crippen LogP contribution < -0.4 is 4.74 Å². The van der Waals surface area contributed by atoms with Gasteiger partial charge in [0.15, 0.2) is 0 Å². The summed E-state index contributed by atoms with van der Waals surface area (Å²) in [6.45, 7) is 8.22. The fraction of sp³-hybridized carbons (Fsp3) is 0.333. The van der Waals surface area contributed by atoms with E-state index in [2.05, 4.69) is 35.8 Å². The molecule has 6 nitrogen and oxygen atoms in total. The monoisotopic (exact) mass is 428 g/mol. The van der Waals surface area contributed by atoms with E-state index in [0.29, 0.717) is 11.9 Å². The Kier molecular flexibility index (Phi) is 5.37. The normalized spacial score (nSPS) is 12.2. The van der Waals surface area contributed by atoms with Crippen molar-refractivity contribution < 1.29 is 9.47 Å². The van der Waals surface area contributed by atoms with Gasteiger partial charge in [-0.15, -0.1) is 0 Å². The molecule has 4 heterocycles. The van der Waals surface area contributed by atoms with Crippen LogP contribution in [-0.2, 0) is 11.5 Å². The van der Waals surface area contributed by atoms with E-state index < -0.39 is 8.07 Å². The molecule has 8 heteroatoms. The SMILES string of the molecule is COc1cc2nccn2cc1-c1cn(COCC[Si](C)(C)C)c2nc(Cl)ccc12. The fourth-order valence-electron chi connectivity index (χ4n) is 3.31. The van der Waals surface area contributed by atoms with Crippen LogP contribution in [0.15, 0.2) is 43.0 Å². The minimum Gasteiger partial charge on any atom is -0.496 e. The molecule has 0 unspecified atom stereocenters. The number of nitrogens with zero attached hydrogens (tertiary/aromatic N) is 4. The maximum atomic E-state index is 6.19. The first-order valence-corrected chi connectivity index (χ1v) is 13.7. The van der Waals surface area contributed by atoms with Crippen molar-refractivity contribution in [3.05, 3.63) is 48.1 Å². The Morgan fingerprint density at radius 2 is 1.97 bits per heavy atom. The van der Waals surface area contributed by atoms with Gasteiger partial charge in [0.1, 0.15) is 28.9 Å². The number of aromatic nitrogens is 4. The van der Waals surface area contributed by atoms with E-state index in [9.17, 15) is 0 Å². The number of rotatable bonds is 7. The molecular weight excluding hydrogens is 404 g/mol. The number of hydrogen-bond acceptors (Lipinski definition) is 4. The van der Waals surface area contributed by atoms with E-state index in [-0.39, 0.29) is 0 Å². The molecule has 29 heavy (non-hydrogen) atoms. The van der Waals surface area contributed by atoms with Crippen molar-refractivity contribution in [2.45, 2.75) is 32.4 Å². The smallest absolute Gasteiger partial charge is 0.144 e. The third-order valence-corrected chi connectivity index (χ3v) is 6.83. The molecule has 0 aliphatic rings. The van der Waals surface area contributed by atoms with Gasteiger partial charge in [0.2, 0.25) is 0 Å². The molecule has 0 spiro atoms. The first-order valence-electron chi connectivity index (χ1n) is 9.60. The lowest BCUT2D eigenvalue weighted by Gasteiger charge is -2.15. The average molecular weight is 429 g/mol. The molecule has 0 amide bonds. The molecule has 0 aliphatic heterocycles. The van der Waals surface area contributed by atoms with Crippen molar-refractivity contribution in [1.82, 2.24) is 18.9 Å². The van der Waals surface area contributed by atoms with E-state index in [4.69, 9.17) is 21.1 Å². The Bertz CT molecular complexity index is 1160. The van der Waals surface area contributed by atoms with Crippen LogP contribution in [-0.4, -0.2) is 40.7 Å². The van der Waals surface area contributed by atoms with Gasteiger partial charge in [-0.2, -0.15) is 0 Å². The number of hydrogen-bond donors (Lipinski definition) is 0. The number of halogens is 1. The van der Waals surface area contributed by atoms with Gasteiger partial charge in [0, 0.05) is 62.0 Å². The number of imidazole rings is 1. The summed E-state index contributed by atoms with van der Waals surface area (Å²) >= 11 is 6.19. The van der Waals surface area contributed by atoms with E-state index in [0.717, 1.165) is 46.2 Å². The Labute approximate surface area is 176 Å². The van der Waals surface area contributed by atoms with Crippen LogP contribution in [0.4, 0.5) is 0 Å². The van der Waals surface area contributed by atoms with Crippen molar-refractivity contribution in [3.8, 4) is 16.9 Å². The van der Waals surface area contributed by atoms with E-state index in [1.807, 2.05) is 39.6 Å². The maximum absolute atomic E-state index is 6.19. The molecule has 0 aromatic carbocycles. The van der Waals surface area contributed by atoms with Crippen molar-refractivity contribution in [2.75, 3.05) is 13.7 Å². The van der Waals surface area contributed by atoms with Gasteiger partial charge in [-0.3, -0.25) is 0 Å². The van der Waals surface area contributed by atoms with Crippen LogP contribution in [0.3, 0.4) is 0 Å². The van der Waals surface area contributed by atoms with Gasteiger partial charge in [-0.25, -0.2) is 9.97 Å². The Morgan fingerprint density at radius 1 is 1.14 bits per heavy atom. The van der Waals surface area contributed by atoms with E-state index in [1.54, 1.807) is 13.3 Å². The molecule has 0 saturated heterocycles. The fourth-order valence-corrected chi connectivity index (χ4v) is 4.21. The molecule has 4 aromatic heterocycles. The second kappa shape index (κ2) is 7.82. The largest absolute Gasteiger partial charge is 0.496 e. The van der Waals surface area contributed by atoms with Crippen molar-refractivity contribution in [1.29, 1.82) is 0 Å². The van der Waals surface area contributed by atoms with Gasteiger partial charge < -0.3 is 18.4 Å². The number of fused-ring (bicyclic) bond motifs is 2. The minimum absolute atomic E-state index is 0.434. The second-order valence-corrected chi connectivity index (χ2v) is 14.3. The van der Waals surface area contributed by atoms with E-state index in [1.165, 1.54) is 0 Å². The summed E-state index contributed by atoms with van der Waals surface area (Å²) < 4.78 is 15.6. The third kappa shape index (κ3) is 4.17. The van der Waals surface area contributed by atoms with Crippen molar-refractivity contribution in [2.24, 2.45) is 0 Å². The molecule has 4 aromatic rings.